The van der Waals surface area contributed by atoms with Gasteiger partial charge in [-0.15, -0.1) is 0 Å². The lowest BCUT2D eigenvalue weighted by Gasteiger charge is -2.37. The summed E-state index contributed by atoms with van der Waals surface area (Å²) in [6.07, 6.45) is 17.5. The second-order valence-electron chi connectivity index (χ2n) is 25.7. The fraction of sp³-hybridized carbons (Fsp3) is 0.884. The van der Waals surface area contributed by atoms with E-state index in [0.717, 1.165) is 78.6 Å². The van der Waals surface area contributed by atoms with Crippen molar-refractivity contribution in [2.45, 2.75) is 291 Å². The Morgan fingerprint density at radius 3 is 1.05 bits per heavy atom. The minimum Gasteiger partial charge on any atom is -0.352 e. The van der Waals surface area contributed by atoms with E-state index in [1.54, 1.807) is 11.1 Å². The molecule has 5 aliphatic rings. The zero-order chi connectivity index (χ0) is 52.7. The number of rotatable bonds is 12. The predicted molar refractivity (Wildman–Crippen MR) is 351 cm³/mol. The molecule has 0 spiro atoms. The van der Waals surface area contributed by atoms with Gasteiger partial charge in [0, 0.05) is 87.9 Å². The first-order valence-electron chi connectivity index (χ1n) is 29.4. The monoisotopic (exact) mass is 1060 g/mol. The summed E-state index contributed by atoms with van der Waals surface area (Å²) in [5.41, 5.74) is 4.68. The number of nitrogens with zero attached hydrogens (tertiary/aromatic N) is 6. The molecule has 0 N–H and O–H groups in total. The summed E-state index contributed by atoms with van der Waals surface area (Å²) in [6.45, 7) is 67.6. The van der Waals surface area contributed by atoms with Gasteiger partial charge in [-0.2, -0.15) is 0 Å². The number of hydrogen-bond donors (Lipinski definition) is 0. The lowest BCUT2D eigenvalue weighted by atomic mass is 9.86. The summed E-state index contributed by atoms with van der Waals surface area (Å²) in [4.78, 5) is 12.8. The second kappa shape index (κ2) is 44.3. The molecule has 2 unspecified atom stereocenters. The Morgan fingerprint density at radius 2 is 0.760 bits per heavy atom. The van der Waals surface area contributed by atoms with Crippen LogP contribution in [0.2, 0.25) is 0 Å². The molecule has 0 radical (unpaired) electrons. The molecule has 6 nitrogen and oxygen atoms in total. The van der Waals surface area contributed by atoms with Crippen molar-refractivity contribution in [2.24, 2.45) is 47.3 Å². The Kier molecular flexibility index (Phi) is 50.1. The average Bonchev–Trinajstić information content (AvgIpc) is 4.11. The highest BCUT2D eigenvalue weighted by atomic mass is 15.2. The highest BCUT2D eigenvalue weighted by Crippen LogP contribution is 2.27. The van der Waals surface area contributed by atoms with Gasteiger partial charge in [-0.1, -0.05) is 151 Å². The molecular formula is C69H148N6. The number of hydrogen-bond acceptors (Lipinski definition) is 5. The van der Waals surface area contributed by atoms with Crippen LogP contribution in [-0.4, -0.2) is 125 Å². The van der Waals surface area contributed by atoms with E-state index in [2.05, 4.69) is 226 Å². The molecule has 2 atom stereocenters. The van der Waals surface area contributed by atoms with Crippen molar-refractivity contribution in [2.75, 3.05) is 65.4 Å². The number of piperidine rings is 2. The molecule has 0 saturated carbocycles. The van der Waals surface area contributed by atoms with E-state index in [1.807, 2.05) is 0 Å². The predicted octanol–water partition coefficient (Wildman–Crippen LogP) is 19.9. The van der Waals surface area contributed by atoms with Gasteiger partial charge in [0.05, 0.1) is 0 Å². The zero-order valence-electron chi connectivity index (χ0n) is 51.0. The summed E-state index contributed by atoms with van der Waals surface area (Å²) in [6, 6.07) is 6.42. The summed E-state index contributed by atoms with van der Waals surface area (Å²) in [7, 11) is 0. The molecule has 6 heteroatoms. The Hall–Kier alpha value is -1.44. The lowest BCUT2D eigenvalue weighted by Crippen LogP contribution is -2.41. The smallest absolute Gasteiger partial charge is 0.0274 e. The van der Waals surface area contributed by atoms with Gasteiger partial charge in [0.2, 0.25) is 0 Å². The first-order chi connectivity index (χ1) is 32.2. The van der Waals surface area contributed by atoms with Crippen LogP contribution in [0.3, 0.4) is 0 Å². The minimum atomic E-state index is 0. The van der Waals surface area contributed by atoms with Crippen molar-refractivity contribution < 1.29 is 0 Å². The SMILES string of the molecule is C.C.C.C.C.C.CC(C)C1=CCN(C(C)C)C1.CC(C)C1=CCN(C(C)C)CC1.CC(C)C1CCCN(C(C)C)C1.CC(C)C1CCN(C(C)C)C1.CC(C)C1CCN(C(C)C)CC1.CC(C)c1ccn(C(C)C)c1. The zero-order valence-corrected chi connectivity index (χ0v) is 51.0. The Labute approximate surface area is 478 Å². The van der Waals surface area contributed by atoms with E-state index >= 15 is 0 Å². The molecule has 75 heavy (non-hydrogen) atoms. The van der Waals surface area contributed by atoms with E-state index in [9.17, 15) is 0 Å². The summed E-state index contributed by atoms with van der Waals surface area (Å²) in [5, 5.41) is 0. The molecule has 3 saturated heterocycles. The van der Waals surface area contributed by atoms with Crippen molar-refractivity contribution >= 4 is 0 Å². The van der Waals surface area contributed by atoms with Gasteiger partial charge in [0.1, 0.15) is 0 Å². The number of likely N-dealkylation sites (tertiary alicyclic amines) is 3. The number of aromatic nitrogens is 1. The molecule has 1 aromatic heterocycles. The third-order valence-electron chi connectivity index (χ3n) is 16.5. The van der Waals surface area contributed by atoms with Gasteiger partial charge in [-0.05, 0) is 213 Å². The molecule has 3 fully saturated rings. The Bertz CT molecular complexity index is 1410. The fourth-order valence-electron chi connectivity index (χ4n) is 10.2. The largest absolute Gasteiger partial charge is 0.352 e. The van der Waals surface area contributed by atoms with Crippen LogP contribution in [0.25, 0.3) is 0 Å². The summed E-state index contributed by atoms with van der Waals surface area (Å²) in [5.74, 6) is 7.65. The van der Waals surface area contributed by atoms with Gasteiger partial charge < -0.3 is 19.3 Å². The molecule has 454 valence electrons. The van der Waals surface area contributed by atoms with E-state index in [0.29, 0.717) is 24.0 Å². The maximum atomic E-state index is 2.62. The van der Waals surface area contributed by atoms with Crippen LogP contribution in [0.1, 0.15) is 267 Å². The van der Waals surface area contributed by atoms with Crippen LogP contribution >= 0.6 is 0 Å². The standard InChI is InChI=1S/C11H23N.C11H21N.C11H23N.C10H21N.C10H19N.C10H17N.6CH4/c2*1-9(2)11-5-7-12(8-6-11)10(3)4;1-9(2)11-6-5-7-12(8-11)10(3)4;3*1-8(2)10-5-6-11(7-10)9(3)4;;;;;;/h9-11H,5-8H2,1-4H3;5,9-10H,6-8H2,1-4H3;9-11H,5-8H2,1-4H3;8-10H,5-7H2,1-4H3;5,8-9H,6-7H2,1-4H3;5-9H,1-4H3;6*1H4. The normalized spacial score (nSPS) is 19.8. The topological polar surface area (TPSA) is 21.1 Å². The Balaban J connectivity index is -0.000000188. The van der Waals surface area contributed by atoms with Crippen molar-refractivity contribution in [1.82, 2.24) is 29.1 Å². The van der Waals surface area contributed by atoms with Gasteiger partial charge in [0.25, 0.3) is 0 Å². The highest BCUT2D eigenvalue weighted by Gasteiger charge is 2.27. The van der Waals surface area contributed by atoms with Gasteiger partial charge in [-0.3, -0.25) is 9.80 Å². The Morgan fingerprint density at radius 1 is 0.373 bits per heavy atom. The van der Waals surface area contributed by atoms with Crippen molar-refractivity contribution in [3.63, 3.8) is 0 Å². The first kappa shape index (κ1) is 84.9. The minimum absolute atomic E-state index is 0. The van der Waals surface area contributed by atoms with E-state index in [4.69, 9.17) is 0 Å². The van der Waals surface area contributed by atoms with Crippen LogP contribution in [0.4, 0.5) is 0 Å². The quantitative estimate of drug-likeness (QED) is 0.194. The fourth-order valence-corrected chi connectivity index (χ4v) is 10.2. The molecule has 1 aromatic rings. The first-order valence-corrected chi connectivity index (χ1v) is 29.4. The molecule has 6 rings (SSSR count). The third-order valence-corrected chi connectivity index (χ3v) is 16.5. The summed E-state index contributed by atoms with van der Waals surface area (Å²) < 4.78 is 2.25. The van der Waals surface area contributed by atoms with Gasteiger partial charge in [-0.25, -0.2) is 0 Å². The van der Waals surface area contributed by atoms with Crippen LogP contribution < -0.4 is 0 Å². The van der Waals surface area contributed by atoms with Gasteiger partial charge in [0.15, 0.2) is 0 Å². The van der Waals surface area contributed by atoms with Crippen molar-refractivity contribution in [3.8, 4) is 0 Å². The molecule has 0 aliphatic carbocycles. The maximum Gasteiger partial charge on any atom is 0.0274 e. The van der Waals surface area contributed by atoms with Crippen molar-refractivity contribution in [1.29, 1.82) is 0 Å². The van der Waals surface area contributed by atoms with Gasteiger partial charge >= 0.3 is 0 Å². The summed E-state index contributed by atoms with van der Waals surface area (Å²) >= 11 is 0. The second-order valence-corrected chi connectivity index (χ2v) is 25.7. The lowest BCUT2D eigenvalue weighted by molar-refractivity contribution is 0.117. The molecule has 0 bridgehead atoms. The molecule has 6 heterocycles. The molecule has 0 aromatic carbocycles. The van der Waals surface area contributed by atoms with Crippen LogP contribution in [-0.2, 0) is 0 Å². The average molecular weight is 1060 g/mol. The molecular weight excluding hydrogens is 913 g/mol. The third kappa shape index (κ3) is 33.7. The maximum absolute atomic E-state index is 2.62. The van der Waals surface area contributed by atoms with E-state index < -0.39 is 0 Å². The molecule has 0 amide bonds. The van der Waals surface area contributed by atoms with Crippen LogP contribution in [0, 0.1) is 47.3 Å². The highest BCUT2D eigenvalue weighted by molar-refractivity contribution is 5.15. The van der Waals surface area contributed by atoms with E-state index in [1.165, 1.54) is 96.4 Å². The van der Waals surface area contributed by atoms with Crippen LogP contribution in [0.5, 0.6) is 0 Å². The van der Waals surface area contributed by atoms with Crippen LogP contribution in [0.15, 0.2) is 41.8 Å². The molecule has 5 aliphatic heterocycles. The van der Waals surface area contributed by atoms with E-state index in [-0.39, 0.29) is 44.6 Å². The van der Waals surface area contributed by atoms with Crippen molar-refractivity contribution in [3.05, 3.63) is 47.3 Å².